The molecule has 11 heavy (non-hydrogen) atoms. The van der Waals surface area contributed by atoms with E-state index < -0.39 is 0 Å². The maximum atomic E-state index is 10.8. The molecule has 0 heterocycles. The maximum absolute atomic E-state index is 10.8. The number of carbonyl (C=O) groups excluding carboxylic acids is 1. The third-order valence-corrected chi connectivity index (χ3v) is 2.01. The minimum atomic E-state index is -0.0958. The Morgan fingerprint density at radius 1 is 1.73 bits per heavy atom. The van der Waals surface area contributed by atoms with Crippen LogP contribution in [0.4, 0.5) is 0 Å². The molecule has 0 spiro atoms. The fourth-order valence-corrected chi connectivity index (χ4v) is 1.35. The Morgan fingerprint density at radius 2 is 2.55 bits per heavy atom. The van der Waals surface area contributed by atoms with Crippen LogP contribution in [0.1, 0.15) is 25.7 Å². The quantitative estimate of drug-likeness (QED) is 0.448. The lowest BCUT2D eigenvalue weighted by atomic mass is 9.93. The van der Waals surface area contributed by atoms with E-state index in [0.717, 1.165) is 12.8 Å². The minimum Gasteiger partial charge on any atom is -0.469 e. The second-order valence-electron chi connectivity index (χ2n) is 2.90. The third-order valence-electron chi connectivity index (χ3n) is 2.01. The monoisotopic (exact) mass is 154 g/mol. The van der Waals surface area contributed by atoms with Crippen molar-refractivity contribution in [1.29, 1.82) is 0 Å². The van der Waals surface area contributed by atoms with E-state index in [-0.39, 0.29) is 5.97 Å². The Balaban J connectivity index is 2.30. The van der Waals surface area contributed by atoms with Gasteiger partial charge in [-0.05, 0) is 25.2 Å². The van der Waals surface area contributed by atoms with Gasteiger partial charge in [0.05, 0.1) is 13.5 Å². The fourth-order valence-electron chi connectivity index (χ4n) is 1.35. The van der Waals surface area contributed by atoms with E-state index in [0.29, 0.717) is 12.3 Å². The fraction of sp³-hybridized carbons (Fsp3) is 0.667. The summed E-state index contributed by atoms with van der Waals surface area (Å²) in [5, 5.41) is 0. The molecule has 1 aliphatic carbocycles. The van der Waals surface area contributed by atoms with E-state index in [9.17, 15) is 4.79 Å². The molecule has 0 aromatic carbocycles. The smallest absolute Gasteiger partial charge is 0.306 e. The number of hydrogen-bond donors (Lipinski definition) is 0. The largest absolute Gasteiger partial charge is 0.469 e. The zero-order chi connectivity index (χ0) is 8.10. The van der Waals surface area contributed by atoms with Crippen molar-refractivity contribution in [1.82, 2.24) is 0 Å². The number of methoxy groups -OCH3 is 1. The molecular formula is C9H14O2. The van der Waals surface area contributed by atoms with Gasteiger partial charge in [0.25, 0.3) is 0 Å². The number of ether oxygens (including phenoxy) is 1. The standard InChI is InChI=1S/C9H14O2/c1-11-9(10)7-8-5-3-2-4-6-8/h3,5,8H,2,4,6-7H2,1H3. The van der Waals surface area contributed by atoms with Gasteiger partial charge in [0.15, 0.2) is 0 Å². The average Bonchev–Trinajstić information content (AvgIpc) is 2.06. The summed E-state index contributed by atoms with van der Waals surface area (Å²) >= 11 is 0. The first-order chi connectivity index (χ1) is 5.33. The summed E-state index contributed by atoms with van der Waals surface area (Å²) < 4.78 is 4.58. The predicted molar refractivity (Wildman–Crippen MR) is 43.1 cm³/mol. The van der Waals surface area contributed by atoms with Crippen LogP contribution in [0.2, 0.25) is 0 Å². The summed E-state index contributed by atoms with van der Waals surface area (Å²) in [6.45, 7) is 0. The molecule has 1 aliphatic rings. The highest BCUT2D eigenvalue weighted by Crippen LogP contribution is 2.20. The normalized spacial score (nSPS) is 23.2. The highest BCUT2D eigenvalue weighted by Gasteiger charge is 2.12. The molecule has 0 N–H and O–H groups in total. The molecule has 1 unspecified atom stereocenters. The molecule has 0 amide bonds. The van der Waals surface area contributed by atoms with Gasteiger partial charge in [0.1, 0.15) is 0 Å². The third kappa shape index (κ3) is 2.74. The lowest BCUT2D eigenvalue weighted by molar-refractivity contribution is -0.141. The van der Waals surface area contributed by atoms with Crippen LogP contribution in [0.3, 0.4) is 0 Å². The summed E-state index contributed by atoms with van der Waals surface area (Å²) in [5.41, 5.74) is 0. The number of hydrogen-bond acceptors (Lipinski definition) is 2. The molecule has 1 rings (SSSR count). The van der Waals surface area contributed by atoms with Crippen molar-refractivity contribution in [3.63, 3.8) is 0 Å². The average molecular weight is 154 g/mol. The minimum absolute atomic E-state index is 0.0958. The van der Waals surface area contributed by atoms with Crippen molar-refractivity contribution in [2.75, 3.05) is 7.11 Å². The Bertz CT molecular complexity index is 161. The lowest BCUT2D eigenvalue weighted by Gasteiger charge is -2.13. The second kappa shape index (κ2) is 4.16. The van der Waals surface area contributed by atoms with Crippen LogP contribution in [0, 0.1) is 5.92 Å². The molecule has 2 nitrogen and oxygen atoms in total. The molecule has 0 fully saturated rings. The van der Waals surface area contributed by atoms with Crippen molar-refractivity contribution in [2.45, 2.75) is 25.7 Å². The summed E-state index contributed by atoms with van der Waals surface area (Å²) in [4.78, 5) is 10.8. The van der Waals surface area contributed by atoms with E-state index in [4.69, 9.17) is 0 Å². The van der Waals surface area contributed by atoms with E-state index >= 15 is 0 Å². The van der Waals surface area contributed by atoms with Gasteiger partial charge in [-0.15, -0.1) is 0 Å². The Kier molecular flexibility index (Phi) is 3.14. The molecule has 2 heteroatoms. The van der Waals surface area contributed by atoms with Crippen LogP contribution >= 0.6 is 0 Å². The molecule has 0 aliphatic heterocycles. The van der Waals surface area contributed by atoms with E-state index in [1.807, 2.05) is 0 Å². The molecular weight excluding hydrogens is 140 g/mol. The number of esters is 1. The lowest BCUT2D eigenvalue weighted by Crippen LogP contribution is -2.09. The van der Waals surface area contributed by atoms with Crippen molar-refractivity contribution >= 4 is 5.97 Å². The van der Waals surface area contributed by atoms with Crippen LogP contribution in [0.15, 0.2) is 12.2 Å². The SMILES string of the molecule is COC(=O)CC1C=CCCC1. The highest BCUT2D eigenvalue weighted by molar-refractivity contribution is 5.69. The number of rotatable bonds is 2. The van der Waals surface area contributed by atoms with Gasteiger partial charge in [-0.3, -0.25) is 4.79 Å². The molecule has 0 radical (unpaired) electrons. The summed E-state index contributed by atoms with van der Waals surface area (Å²) in [5.74, 6) is 0.331. The second-order valence-corrected chi connectivity index (χ2v) is 2.90. The van der Waals surface area contributed by atoms with E-state index in [1.54, 1.807) is 0 Å². The van der Waals surface area contributed by atoms with Crippen LogP contribution in [-0.4, -0.2) is 13.1 Å². The summed E-state index contributed by atoms with van der Waals surface area (Å²) in [6.07, 6.45) is 8.33. The first kappa shape index (κ1) is 8.31. The van der Waals surface area contributed by atoms with Gasteiger partial charge in [-0.25, -0.2) is 0 Å². The Labute approximate surface area is 67.2 Å². The van der Waals surface area contributed by atoms with Crippen LogP contribution in [0.25, 0.3) is 0 Å². The number of allylic oxidation sites excluding steroid dienone is 2. The Hall–Kier alpha value is -0.790. The summed E-state index contributed by atoms with van der Waals surface area (Å²) in [7, 11) is 1.44. The van der Waals surface area contributed by atoms with Crippen molar-refractivity contribution in [3.8, 4) is 0 Å². The predicted octanol–water partition coefficient (Wildman–Crippen LogP) is 1.91. The van der Waals surface area contributed by atoms with Crippen molar-refractivity contribution in [2.24, 2.45) is 5.92 Å². The first-order valence-corrected chi connectivity index (χ1v) is 4.06. The topological polar surface area (TPSA) is 26.3 Å². The molecule has 0 saturated heterocycles. The van der Waals surface area contributed by atoms with Crippen LogP contribution in [0.5, 0.6) is 0 Å². The van der Waals surface area contributed by atoms with E-state index in [2.05, 4.69) is 16.9 Å². The van der Waals surface area contributed by atoms with Gasteiger partial charge in [0.2, 0.25) is 0 Å². The molecule has 0 saturated carbocycles. The molecule has 0 aromatic rings. The van der Waals surface area contributed by atoms with Gasteiger partial charge in [-0.1, -0.05) is 12.2 Å². The van der Waals surface area contributed by atoms with E-state index in [1.165, 1.54) is 13.5 Å². The van der Waals surface area contributed by atoms with Crippen LogP contribution < -0.4 is 0 Å². The maximum Gasteiger partial charge on any atom is 0.306 e. The molecule has 1 atom stereocenters. The zero-order valence-corrected chi connectivity index (χ0v) is 6.88. The summed E-state index contributed by atoms with van der Waals surface area (Å²) in [6, 6.07) is 0. The molecule has 0 aromatic heterocycles. The zero-order valence-electron chi connectivity index (χ0n) is 6.88. The van der Waals surface area contributed by atoms with Gasteiger partial charge >= 0.3 is 5.97 Å². The van der Waals surface area contributed by atoms with Crippen molar-refractivity contribution in [3.05, 3.63) is 12.2 Å². The first-order valence-electron chi connectivity index (χ1n) is 4.06. The van der Waals surface area contributed by atoms with Gasteiger partial charge < -0.3 is 4.74 Å². The molecule has 0 bridgehead atoms. The van der Waals surface area contributed by atoms with Crippen molar-refractivity contribution < 1.29 is 9.53 Å². The van der Waals surface area contributed by atoms with Gasteiger partial charge in [0, 0.05) is 0 Å². The molecule has 62 valence electrons. The highest BCUT2D eigenvalue weighted by atomic mass is 16.5. The Morgan fingerprint density at radius 3 is 3.09 bits per heavy atom. The van der Waals surface area contributed by atoms with Crippen LogP contribution in [-0.2, 0) is 9.53 Å². The van der Waals surface area contributed by atoms with Gasteiger partial charge in [-0.2, -0.15) is 0 Å². The number of carbonyl (C=O) groups is 1.